The van der Waals surface area contributed by atoms with Crippen LogP contribution in [0.5, 0.6) is 0 Å². The number of amides is 2. The molecule has 1 atom stereocenters. The van der Waals surface area contributed by atoms with E-state index in [2.05, 4.69) is 45.5 Å². The van der Waals surface area contributed by atoms with E-state index < -0.39 is 0 Å². The molecule has 0 bridgehead atoms. The van der Waals surface area contributed by atoms with Crippen LogP contribution in [0, 0.1) is 11.8 Å². The van der Waals surface area contributed by atoms with Gasteiger partial charge in [-0.3, -0.25) is 9.59 Å². The molecule has 8 heteroatoms. The molecule has 0 saturated carbocycles. The quantitative estimate of drug-likeness (QED) is 0.308. The fourth-order valence-corrected chi connectivity index (χ4v) is 4.71. The number of benzene rings is 1. The number of nitrogens with two attached hydrogens (primary N) is 1. The number of hydrogen-bond donors (Lipinski definition) is 2. The van der Waals surface area contributed by atoms with Crippen molar-refractivity contribution < 1.29 is 9.59 Å². The van der Waals surface area contributed by atoms with Crippen molar-refractivity contribution in [3.8, 4) is 0 Å². The molecule has 2 saturated heterocycles. The number of hydrogen-bond acceptors (Lipinski definition) is 3. The Morgan fingerprint density at radius 3 is 2.44 bits per heavy atom. The number of nitrogens with zero attached hydrogens (tertiary/aromatic N) is 3. The lowest BCUT2D eigenvalue weighted by Crippen LogP contribution is -2.48. The highest BCUT2D eigenvalue weighted by molar-refractivity contribution is 14.0. The molecule has 2 aliphatic rings. The Hall–Kier alpha value is -1.84. The van der Waals surface area contributed by atoms with E-state index in [1.165, 1.54) is 5.56 Å². The largest absolute Gasteiger partial charge is 0.370 e. The van der Waals surface area contributed by atoms with Crippen LogP contribution in [0.2, 0.25) is 0 Å². The van der Waals surface area contributed by atoms with Crippen molar-refractivity contribution >= 4 is 41.8 Å². The molecule has 1 aromatic rings. The number of nitrogens with one attached hydrogen (secondary N) is 1. The monoisotopic (exact) mass is 555 g/mol. The van der Waals surface area contributed by atoms with Crippen LogP contribution in [0.4, 0.5) is 0 Å². The molecular weight excluding hydrogens is 517 g/mol. The molecule has 1 aromatic carbocycles. The molecule has 3 rings (SSSR count). The Labute approximate surface area is 209 Å². The molecule has 2 heterocycles. The first-order valence-electron chi connectivity index (χ1n) is 11.7. The summed E-state index contributed by atoms with van der Waals surface area (Å²) in [4.78, 5) is 32.8. The van der Waals surface area contributed by atoms with Gasteiger partial charge in [0.05, 0.1) is 0 Å². The van der Waals surface area contributed by atoms with E-state index in [0.29, 0.717) is 12.3 Å². The van der Waals surface area contributed by atoms with Crippen LogP contribution >= 0.6 is 24.0 Å². The fourth-order valence-electron chi connectivity index (χ4n) is 4.71. The molecule has 0 aliphatic carbocycles. The third-order valence-corrected chi connectivity index (χ3v) is 6.34. The lowest BCUT2D eigenvalue weighted by atomic mass is 9.90. The molecule has 32 heavy (non-hydrogen) atoms. The van der Waals surface area contributed by atoms with Gasteiger partial charge in [0.15, 0.2) is 5.96 Å². The summed E-state index contributed by atoms with van der Waals surface area (Å²) < 4.78 is 0. The highest BCUT2D eigenvalue weighted by Crippen LogP contribution is 2.22. The van der Waals surface area contributed by atoms with Gasteiger partial charge in [0.1, 0.15) is 6.54 Å². The minimum atomic E-state index is -0.250. The number of aliphatic imine (C=N–C) groups is 1. The van der Waals surface area contributed by atoms with Crippen LogP contribution in [-0.4, -0.2) is 66.8 Å². The summed E-state index contributed by atoms with van der Waals surface area (Å²) in [5.74, 6) is 1.51. The zero-order valence-electron chi connectivity index (χ0n) is 19.2. The lowest BCUT2D eigenvalue weighted by Gasteiger charge is -2.35. The van der Waals surface area contributed by atoms with E-state index in [4.69, 9.17) is 5.73 Å². The molecule has 2 fully saturated rings. The number of carbonyl (C=O) groups is 2. The molecular formula is C24H38IN5O2. The second kappa shape index (κ2) is 13.6. The molecule has 178 valence electrons. The van der Waals surface area contributed by atoms with Crippen LogP contribution in [-0.2, 0) is 16.0 Å². The second-order valence-corrected chi connectivity index (χ2v) is 8.81. The predicted octanol–water partition coefficient (Wildman–Crippen LogP) is 2.64. The summed E-state index contributed by atoms with van der Waals surface area (Å²) in [5.41, 5.74) is 6.76. The molecule has 2 aliphatic heterocycles. The standard InChI is InChI=1S/C24H37N5O2.HI/c1-2-26-24(29-12-6-9-21(18-29)16-22(25)30)27-17-23(31)28-13-10-20(11-14-28)15-19-7-4-3-5-8-19;/h3-5,7-8,20-21H,2,6,9-18H2,1H3,(H2,25,30)(H,26,27);1H. The number of guanidine groups is 1. The van der Waals surface area contributed by atoms with Gasteiger partial charge in [-0.05, 0) is 56.4 Å². The van der Waals surface area contributed by atoms with E-state index in [-0.39, 0.29) is 48.3 Å². The molecule has 0 spiro atoms. The second-order valence-electron chi connectivity index (χ2n) is 8.81. The van der Waals surface area contributed by atoms with Gasteiger partial charge in [0, 0.05) is 39.1 Å². The van der Waals surface area contributed by atoms with Crippen LogP contribution < -0.4 is 11.1 Å². The van der Waals surface area contributed by atoms with Gasteiger partial charge in [-0.25, -0.2) is 4.99 Å². The van der Waals surface area contributed by atoms with Gasteiger partial charge in [-0.2, -0.15) is 0 Å². The lowest BCUT2D eigenvalue weighted by molar-refractivity contribution is -0.131. The van der Waals surface area contributed by atoms with Crippen LogP contribution in [0.25, 0.3) is 0 Å². The number of piperidine rings is 2. The van der Waals surface area contributed by atoms with Crippen molar-refractivity contribution in [3.63, 3.8) is 0 Å². The Bertz CT molecular complexity index is 750. The van der Waals surface area contributed by atoms with Gasteiger partial charge in [-0.15, -0.1) is 24.0 Å². The highest BCUT2D eigenvalue weighted by Gasteiger charge is 2.25. The maximum absolute atomic E-state index is 12.8. The van der Waals surface area contributed by atoms with Gasteiger partial charge in [-0.1, -0.05) is 30.3 Å². The number of likely N-dealkylation sites (tertiary alicyclic amines) is 2. The summed E-state index contributed by atoms with van der Waals surface area (Å²) in [6.45, 7) is 6.21. The van der Waals surface area contributed by atoms with Crippen molar-refractivity contribution in [2.75, 3.05) is 39.3 Å². The third kappa shape index (κ3) is 8.26. The normalized spacial score (nSPS) is 19.9. The first-order chi connectivity index (χ1) is 15.0. The number of rotatable bonds is 7. The summed E-state index contributed by atoms with van der Waals surface area (Å²) in [6, 6.07) is 10.6. The molecule has 0 radical (unpaired) electrons. The highest BCUT2D eigenvalue weighted by atomic mass is 127. The van der Waals surface area contributed by atoms with Crippen molar-refractivity contribution in [1.82, 2.24) is 15.1 Å². The minimum Gasteiger partial charge on any atom is -0.370 e. The number of primary amides is 1. The first-order valence-corrected chi connectivity index (χ1v) is 11.7. The van der Waals surface area contributed by atoms with Crippen molar-refractivity contribution in [1.29, 1.82) is 0 Å². The first kappa shape index (κ1) is 26.4. The average Bonchev–Trinajstić information content (AvgIpc) is 2.77. The smallest absolute Gasteiger partial charge is 0.244 e. The van der Waals surface area contributed by atoms with Crippen molar-refractivity contribution in [2.45, 2.75) is 45.4 Å². The Morgan fingerprint density at radius 1 is 1.06 bits per heavy atom. The van der Waals surface area contributed by atoms with E-state index in [1.54, 1.807) is 0 Å². The van der Waals surface area contributed by atoms with E-state index in [0.717, 1.165) is 70.8 Å². The third-order valence-electron chi connectivity index (χ3n) is 6.34. The summed E-state index contributed by atoms with van der Waals surface area (Å²) >= 11 is 0. The molecule has 7 nitrogen and oxygen atoms in total. The minimum absolute atomic E-state index is 0. The average molecular weight is 556 g/mol. The topological polar surface area (TPSA) is 91.0 Å². The van der Waals surface area contributed by atoms with E-state index in [1.807, 2.05) is 11.8 Å². The zero-order chi connectivity index (χ0) is 22.1. The predicted molar refractivity (Wildman–Crippen MR) is 139 cm³/mol. The van der Waals surface area contributed by atoms with E-state index >= 15 is 0 Å². The van der Waals surface area contributed by atoms with Crippen molar-refractivity contribution in [3.05, 3.63) is 35.9 Å². The van der Waals surface area contributed by atoms with Crippen LogP contribution in [0.1, 0.15) is 44.6 Å². The summed E-state index contributed by atoms with van der Waals surface area (Å²) in [7, 11) is 0. The SMILES string of the molecule is CCNC(=NCC(=O)N1CCC(Cc2ccccc2)CC1)N1CCCC(CC(N)=O)C1.I. The van der Waals surface area contributed by atoms with Crippen LogP contribution in [0.15, 0.2) is 35.3 Å². The summed E-state index contributed by atoms with van der Waals surface area (Å²) in [5, 5.41) is 3.31. The number of carbonyl (C=O) groups excluding carboxylic acids is 2. The molecule has 3 N–H and O–H groups in total. The van der Waals surface area contributed by atoms with E-state index in [9.17, 15) is 9.59 Å². The summed E-state index contributed by atoms with van der Waals surface area (Å²) in [6.07, 6.45) is 5.61. The maximum atomic E-state index is 12.8. The van der Waals surface area contributed by atoms with Gasteiger partial charge in [0.25, 0.3) is 0 Å². The van der Waals surface area contributed by atoms with Crippen molar-refractivity contribution in [2.24, 2.45) is 22.6 Å². The molecule has 0 aromatic heterocycles. The fraction of sp³-hybridized carbons (Fsp3) is 0.625. The maximum Gasteiger partial charge on any atom is 0.244 e. The van der Waals surface area contributed by atoms with Gasteiger partial charge in [0.2, 0.25) is 11.8 Å². The van der Waals surface area contributed by atoms with Gasteiger partial charge >= 0.3 is 0 Å². The Balaban J connectivity index is 0.00000363. The zero-order valence-corrected chi connectivity index (χ0v) is 21.5. The Morgan fingerprint density at radius 2 is 1.78 bits per heavy atom. The number of halogens is 1. The molecule has 1 unspecified atom stereocenters. The Kier molecular flexibility index (Phi) is 11.3. The van der Waals surface area contributed by atoms with Gasteiger partial charge < -0.3 is 20.9 Å². The molecule has 2 amide bonds. The van der Waals surface area contributed by atoms with Crippen LogP contribution in [0.3, 0.4) is 0 Å².